The summed E-state index contributed by atoms with van der Waals surface area (Å²) in [6.45, 7) is 2.27. The number of hydrogen-bond acceptors (Lipinski definition) is 3. The van der Waals surface area contributed by atoms with Crippen molar-refractivity contribution in [2.24, 2.45) is 0 Å². The molecular weight excluding hydrogens is 198 g/mol. The molecule has 3 heterocycles. The number of piperidine rings is 1. The van der Waals surface area contributed by atoms with E-state index >= 15 is 0 Å². The molecular formula is C13H15N3. The van der Waals surface area contributed by atoms with E-state index in [1.807, 2.05) is 24.7 Å². The zero-order valence-electron chi connectivity index (χ0n) is 9.26. The zero-order chi connectivity index (χ0) is 10.8. The van der Waals surface area contributed by atoms with Gasteiger partial charge in [-0.1, -0.05) is 0 Å². The lowest BCUT2D eigenvalue weighted by Crippen LogP contribution is -2.29. The number of anilines is 1. The Balaban J connectivity index is 2.08. The third-order valence-corrected chi connectivity index (χ3v) is 3.19. The Morgan fingerprint density at radius 3 is 2.81 bits per heavy atom. The predicted octanol–water partition coefficient (Wildman–Crippen LogP) is 2.62. The molecule has 1 aliphatic heterocycles. The fourth-order valence-electron chi connectivity index (χ4n) is 2.35. The highest BCUT2D eigenvalue weighted by Gasteiger charge is 2.14. The predicted molar refractivity (Wildman–Crippen MR) is 65.6 cm³/mol. The van der Waals surface area contributed by atoms with Gasteiger partial charge in [-0.3, -0.25) is 9.97 Å². The van der Waals surface area contributed by atoms with E-state index in [0.29, 0.717) is 0 Å². The van der Waals surface area contributed by atoms with Crippen LogP contribution in [0.1, 0.15) is 19.3 Å². The molecule has 2 aromatic heterocycles. The molecule has 0 atom stereocenters. The third-order valence-electron chi connectivity index (χ3n) is 3.19. The molecule has 0 spiro atoms. The van der Waals surface area contributed by atoms with E-state index in [1.54, 1.807) is 0 Å². The molecule has 1 saturated heterocycles. The highest BCUT2D eigenvalue weighted by Crippen LogP contribution is 2.25. The van der Waals surface area contributed by atoms with Crippen LogP contribution in [0.15, 0.2) is 30.7 Å². The van der Waals surface area contributed by atoms with Crippen LogP contribution >= 0.6 is 0 Å². The molecule has 3 heteroatoms. The van der Waals surface area contributed by atoms with Crippen molar-refractivity contribution in [3.05, 3.63) is 30.7 Å². The second kappa shape index (κ2) is 4.08. The SMILES string of the molecule is c1cnc2c(N3CCCCC3)cncc2c1. The van der Waals surface area contributed by atoms with Crippen molar-refractivity contribution >= 4 is 16.6 Å². The summed E-state index contributed by atoms with van der Waals surface area (Å²) < 4.78 is 0. The minimum Gasteiger partial charge on any atom is -0.369 e. The molecule has 0 bridgehead atoms. The van der Waals surface area contributed by atoms with Crippen LogP contribution in [0.2, 0.25) is 0 Å². The maximum atomic E-state index is 4.47. The Bertz CT molecular complexity index is 484. The smallest absolute Gasteiger partial charge is 0.0966 e. The quantitative estimate of drug-likeness (QED) is 0.729. The monoisotopic (exact) mass is 213 g/mol. The number of pyridine rings is 2. The van der Waals surface area contributed by atoms with Crippen LogP contribution < -0.4 is 4.90 Å². The van der Waals surface area contributed by atoms with Gasteiger partial charge in [0.25, 0.3) is 0 Å². The lowest BCUT2D eigenvalue weighted by atomic mass is 10.1. The number of aromatic nitrogens is 2. The average molecular weight is 213 g/mol. The average Bonchev–Trinajstić information content (AvgIpc) is 2.39. The van der Waals surface area contributed by atoms with Crippen molar-refractivity contribution in [2.45, 2.75) is 19.3 Å². The van der Waals surface area contributed by atoms with Gasteiger partial charge in [-0.05, 0) is 31.4 Å². The molecule has 16 heavy (non-hydrogen) atoms. The Labute approximate surface area is 95.1 Å². The zero-order valence-corrected chi connectivity index (χ0v) is 9.26. The van der Waals surface area contributed by atoms with E-state index in [0.717, 1.165) is 24.0 Å². The molecule has 0 amide bonds. The summed E-state index contributed by atoms with van der Waals surface area (Å²) in [5.41, 5.74) is 2.28. The number of rotatable bonds is 1. The molecule has 0 N–H and O–H groups in total. The van der Waals surface area contributed by atoms with E-state index in [1.165, 1.54) is 24.9 Å². The normalized spacial score (nSPS) is 16.6. The standard InChI is InChI=1S/C13H15N3/c1-2-7-16(8-3-1)12-10-14-9-11-5-4-6-15-13(11)12/h4-6,9-10H,1-3,7-8H2. The molecule has 0 saturated carbocycles. The van der Waals surface area contributed by atoms with Gasteiger partial charge in [0.15, 0.2) is 0 Å². The van der Waals surface area contributed by atoms with Crippen molar-refractivity contribution < 1.29 is 0 Å². The fraction of sp³-hybridized carbons (Fsp3) is 0.385. The van der Waals surface area contributed by atoms with E-state index < -0.39 is 0 Å². The Kier molecular flexibility index (Phi) is 2.44. The lowest BCUT2D eigenvalue weighted by molar-refractivity contribution is 0.578. The third kappa shape index (κ3) is 1.62. The molecule has 0 aromatic carbocycles. The Morgan fingerprint density at radius 1 is 1.06 bits per heavy atom. The molecule has 82 valence electrons. The second-order valence-corrected chi connectivity index (χ2v) is 4.28. The van der Waals surface area contributed by atoms with Crippen LogP contribution in [0.3, 0.4) is 0 Å². The van der Waals surface area contributed by atoms with Crippen LogP contribution in [0.5, 0.6) is 0 Å². The van der Waals surface area contributed by atoms with E-state index in [2.05, 4.69) is 20.9 Å². The molecule has 1 aliphatic rings. The van der Waals surface area contributed by atoms with Crippen LogP contribution in [-0.4, -0.2) is 23.1 Å². The van der Waals surface area contributed by atoms with Gasteiger partial charge in [0.1, 0.15) is 0 Å². The minimum atomic E-state index is 1.08. The van der Waals surface area contributed by atoms with Crippen molar-refractivity contribution in [1.82, 2.24) is 9.97 Å². The van der Waals surface area contributed by atoms with Crippen molar-refractivity contribution in [2.75, 3.05) is 18.0 Å². The Morgan fingerprint density at radius 2 is 1.94 bits per heavy atom. The minimum absolute atomic E-state index is 1.08. The fourth-order valence-corrected chi connectivity index (χ4v) is 2.35. The van der Waals surface area contributed by atoms with Gasteiger partial charge in [-0.2, -0.15) is 0 Å². The van der Waals surface area contributed by atoms with Gasteiger partial charge < -0.3 is 4.90 Å². The molecule has 2 aromatic rings. The van der Waals surface area contributed by atoms with Crippen molar-refractivity contribution in [3.63, 3.8) is 0 Å². The maximum absolute atomic E-state index is 4.47. The molecule has 1 fully saturated rings. The largest absolute Gasteiger partial charge is 0.369 e. The van der Waals surface area contributed by atoms with Crippen LogP contribution in [-0.2, 0) is 0 Å². The van der Waals surface area contributed by atoms with Crippen molar-refractivity contribution in [3.8, 4) is 0 Å². The first-order valence-corrected chi connectivity index (χ1v) is 5.89. The van der Waals surface area contributed by atoms with Gasteiger partial charge >= 0.3 is 0 Å². The maximum Gasteiger partial charge on any atom is 0.0966 e. The topological polar surface area (TPSA) is 29.0 Å². The van der Waals surface area contributed by atoms with Crippen LogP contribution in [0, 0.1) is 0 Å². The first-order chi connectivity index (χ1) is 7.95. The lowest BCUT2D eigenvalue weighted by Gasteiger charge is -2.28. The summed E-state index contributed by atoms with van der Waals surface area (Å²) in [6.07, 6.45) is 9.60. The Hall–Kier alpha value is -1.64. The number of fused-ring (bicyclic) bond motifs is 1. The van der Waals surface area contributed by atoms with Crippen molar-refractivity contribution in [1.29, 1.82) is 0 Å². The first kappa shape index (κ1) is 9.58. The van der Waals surface area contributed by atoms with Gasteiger partial charge in [-0.15, -0.1) is 0 Å². The van der Waals surface area contributed by atoms with Gasteiger partial charge in [0, 0.05) is 30.9 Å². The first-order valence-electron chi connectivity index (χ1n) is 5.89. The highest BCUT2D eigenvalue weighted by molar-refractivity contribution is 5.89. The van der Waals surface area contributed by atoms with E-state index in [4.69, 9.17) is 0 Å². The second-order valence-electron chi connectivity index (χ2n) is 4.28. The van der Waals surface area contributed by atoms with Crippen LogP contribution in [0.25, 0.3) is 10.9 Å². The summed E-state index contributed by atoms with van der Waals surface area (Å²) in [6, 6.07) is 4.03. The number of nitrogens with zero attached hydrogens (tertiary/aromatic N) is 3. The van der Waals surface area contributed by atoms with Gasteiger partial charge in [0.2, 0.25) is 0 Å². The van der Waals surface area contributed by atoms with Gasteiger partial charge in [0.05, 0.1) is 17.4 Å². The summed E-state index contributed by atoms with van der Waals surface area (Å²) in [5.74, 6) is 0. The number of hydrogen-bond donors (Lipinski definition) is 0. The summed E-state index contributed by atoms with van der Waals surface area (Å²) in [7, 11) is 0. The summed E-state index contributed by atoms with van der Waals surface area (Å²) in [5, 5.41) is 1.13. The molecule has 0 radical (unpaired) electrons. The highest BCUT2D eigenvalue weighted by atomic mass is 15.1. The van der Waals surface area contributed by atoms with Crippen LogP contribution in [0.4, 0.5) is 5.69 Å². The molecule has 3 nitrogen and oxygen atoms in total. The molecule has 3 rings (SSSR count). The van der Waals surface area contributed by atoms with Gasteiger partial charge in [-0.25, -0.2) is 0 Å². The van der Waals surface area contributed by atoms with E-state index in [9.17, 15) is 0 Å². The summed E-state index contributed by atoms with van der Waals surface area (Å²) in [4.78, 5) is 11.2. The molecule has 0 aliphatic carbocycles. The molecule has 0 unspecified atom stereocenters. The summed E-state index contributed by atoms with van der Waals surface area (Å²) >= 11 is 0. The van der Waals surface area contributed by atoms with E-state index in [-0.39, 0.29) is 0 Å².